The molecule has 114 valence electrons. The second-order valence-electron chi connectivity index (χ2n) is 4.82. The van der Waals surface area contributed by atoms with E-state index in [1.807, 2.05) is 0 Å². The van der Waals surface area contributed by atoms with Crippen molar-refractivity contribution in [3.8, 4) is 0 Å². The summed E-state index contributed by atoms with van der Waals surface area (Å²) in [5.41, 5.74) is -0.0495. The van der Waals surface area contributed by atoms with Crippen LogP contribution < -0.4 is 5.46 Å². The van der Waals surface area contributed by atoms with Gasteiger partial charge in [-0.25, -0.2) is 8.42 Å². The zero-order valence-electron chi connectivity index (χ0n) is 11.6. The van der Waals surface area contributed by atoms with Gasteiger partial charge in [0.1, 0.15) is 0 Å². The minimum absolute atomic E-state index is 0.0495. The van der Waals surface area contributed by atoms with Crippen molar-refractivity contribution in [3.05, 3.63) is 24.3 Å². The molecule has 0 aliphatic carbocycles. The topological polar surface area (TPSA) is 98.2 Å². The molecule has 0 spiro atoms. The number of rotatable bonds is 3. The van der Waals surface area contributed by atoms with Crippen LogP contribution in [0.4, 0.5) is 0 Å². The Morgan fingerprint density at radius 1 is 1.14 bits per heavy atom. The molecule has 1 aliphatic heterocycles. The number of sulfonamides is 1. The summed E-state index contributed by atoms with van der Waals surface area (Å²) in [4.78, 5) is 12.7. The molecule has 2 N–H and O–H groups in total. The SMILES string of the molecule is CC(=O)N1CCN(S(=O)(=O)c2ccccc2B(O)O)CC1. The highest BCUT2D eigenvalue weighted by Crippen LogP contribution is 2.16. The van der Waals surface area contributed by atoms with Crippen LogP contribution in [0.3, 0.4) is 0 Å². The van der Waals surface area contributed by atoms with E-state index in [2.05, 4.69) is 0 Å². The van der Waals surface area contributed by atoms with E-state index in [0.29, 0.717) is 13.1 Å². The monoisotopic (exact) mass is 312 g/mol. The van der Waals surface area contributed by atoms with E-state index in [-0.39, 0.29) is 29.4 Å². The first kappa shape index (κ1) is 16.0. The number of amides is 1. The van der Waals surface area contributed by atoms with Crippen molar-refractivity contribution >= 4 is 28.5 Å². The second kappa shape index (κ2) is 6.14. The van der Waals surface area contributed by atoms with E-state index in [1.54, 1.807) is 11.0 Å². The van der Waals surface area contributed by atoms with Crippen LogP contribution in [0.25, 0.3) is 0 Å². The number of carbonyl (C=O) groups excluding carboxylic acids is 1. The normalized spacial score (nSPS) is 16.8. The van der Waals surface area contributed by atoms with Gasteiger partial charge in [0.15, 0.2) is 0 Å². The van der Waals surface area contributed by atoms with E-state index < -0.39 is 17.1 Å². The minimum atomic E-state index is -3.81. The predicted octanol–water partition coefficient (Wildman–Crippen LogP) is -1.78. The highest BCUT2D eigenvalue weighted by Gasteiger charge is 2.32. The number of hydrogen-bond acceptors (Lipinski definition) is 5. The first-order valence-corrected chi connectivity index (χ1v) is 7.99. The summed E-state index contributed by atoms with van der Waals surface area (Å²) in [5, 5.41) is 18.6. The Kier molecular flexibility index (Phi) is 4.67. The van der Waals surface area contributed by atoms with E-state index >= 15 is 0 Å². The molecule has 1 aromatic rings. The molecule has 1 amide bonds. The summed E-state index contributed by atoms with van der Waals surface area (Å²) in [5.74, 6) is -0.0850. The highest BCUT2D eigenvalue weighted by molar-refractivity contribution is 7.89. The molecule has 21 heavy (non-hydrogen) atoms. The van der Waals surface area contributed by atoms with Crippen LogP contribution in [0.2, 0.25) is 0 Å². The Morgan fingerprint density at radius 3 is 2.24 bits per heavy atom. The number of nitrogens with zero attached hydrogens (tertiary/aromatic N) is 2. The lowest BCUT2D eigenvalue weighted by molar-refractivity contribution is -0.129. The minimum Gasteiger partial charge on any atom is -0.423 e. The Balaban J connectivity index is 2.26. The zero-order valence-corrected chi connectivity index (χ0v) is 12.5. The Hall–Kier alpha value is -1.42. The molecular formula is C12H17BN2O5S. The van der Waals surface area contributed by atoms with Gasteiger partial charge in [-0.1, -0.05) is 18.2 Å². The Bertz CT molecular complexity index is 626. The molecule has 7 nitrogen and oxygen atoms in total. The maximum Gasteiger partial charge on any atom is 0.489 e. The molecule has 9 heteroatoms. The van der Waals surface area contributed by atoms with Gasteiger partial charge >= 0.3 is 7.12 Å². The van der Waals surface area contributed by atoms with Crippen LogP contribution in [-0.4, -0.2) is 66.9 Å². The van der Waals surface area contributed by atoms with Crippen LogP contribution in [0, 0.1) is 0 Å². The van der Waals surface area contributed by atoms with Crippen molar-refractivity contribution in [2.45, 2.75) is 11.8 Å². The molecule has 1 aromatic carbocycles. The van der Waals surface area contributed by atoms with Crippen molar-refractivity contribution in [2.75, 3.05) is 26.2 Å². The van der Waals surface area contributed by atoms with Crippen LogP contribution in [0.5, 0.6) is 0 Å². The van der Waals surface area contributed by atoms with E-state index in [9.17, 15) is 23.3 Å². The van der Waals surface area contributed by atoms with Gasteiger partial charge in [0.05, 0.1) is 4.90 Å². The zero-order chi connectivity index (χ0) is 15.6. The van der Waals surface area contributed by atoms with Crippen LogP contribution >= 0.6 is 0 Å². The van der Waals surface area contributed by atoms with Gasteiger partial charge in [-0.2, -0.15) is 4.31 Å². The molecule has 0 bridgehead atoms. The Labute approximate surface area is 124 Å². The lowest BCUT2D eigenvalue weighted by atomic mass is 9.80. The second-order valence-corrected chi connectivity index (χ2v) is 6.73. The van der Waals surface area contributed by atoms with E-state index in [1.165, 1.54) is 29.4 Å². The fourth-order valence-corrected chi connectivity index (χ4v) is 3.96. The first-order chi connectivity index (χ1) is 9.84. The van der Waals surface area contributed by atoms with Gasteiger partial charge in [-0.15, -0.1) is 0 Å². The average Bonchev–Trinajstić information content (AvgIpc) is 2.47. The maximum atomic E-state index is 12.6. The van der Waals surface area contributed by atoms with Crippen LogP contribution in [0.1, 0.15) is 6.92 Å². The van der Waals surface area contributed by atoms with Crippen molar-refractivity contribution in [3.63, 3.8) is 0 Å². The summed E-state index contributed by atoms with van der Waals surface area (Å²) in [6.07, 6.45) is 0. The third-order valence-electron chi connectivity index (χ3n) is 3.50. The largest absolute Gasteiger partial charge is 0.489 e. The standard InChI is InChI=1S/C12H17BN2O5S/c1-10(16)14-6-8-15(9-7-14)21(19,20)12-5-3-2-4-11(12)13(17)18/h2-5,17-18H,6-9H2,1H3. The van der Waals surface area contributed by atoms with Gasteiger partial charge < -0.3 is 14.9 Å². The first-order valence-electron chi connectivity index (χ1n) is 6.55. The van der Waals surface area contributed by atoms with Crippen LogP contribution in [0.15, 0.2) is 29.2 Å². The quantitative estimate of drug-likeness (QED) is 0.643. The molecule has 1 heterocycles. The predicted molar refractivity (Wildman–Crippen MR) is 77.3 cm³/mol. The van der Waals surface area contributed by atoms with Gasteiger partial charge in [0.2, 0.25) is 15.9 Å². The molecular weight excluding hydrogens is 295 g/mol. The summed E-state index contributed by atoms with van der Waals surface area (Å²) in [7, 11) is -5.66. The number of hydrogen-bond donors (Lipinski definition) is 2. The van der Waals surface area contributed by atoms with Crippen molar-refractivity contribution < 1.29 is 23.3 Å². The lowest BCUT2D eigenvalue weighted by Crippen LogP contribution is -2.51. The van der Waals surface area contributed by atoms with Gasteiger partial charge in [0.25, 0.3) is 0 Å². The molecule has 0 atom stereocenters. The van der Waals surface area contributed by atoms with E-state index in [0.717, 1.165) is 0 Å². The summed E-state index contributed by atoms with van der Waals surface area (Å²) >= 11 is 0. The van der Waals surface area contributed by atoms with Crippen molar-refractivity contribution in [1.29, 1.82) is 0 Å². The highest BCUT2D eigenvalue weighted by atomic mass is 32.2. The molecule has 1 aliphatic rings. The van der Waals surface area contributed by atoms with Gasteiger partial charge in [-0.3, -0.25) is 4.79 Å². The fourth-order valence-electron chi connectivity index (χ4n) is 2.31. The van der Waals surface area contributed by atoms with Crippen molar-refractivity contribution in [2.24, 2.45) is 0 Å². The molecule has 1 saturated heterocycles. The average molecular weight is 312 g/mol. The molecule has 0 aromatic heterocycles. The molecule has 0 unspecified atom stereocenters. The summed E-state index contributed by atoms with van der Waals surface area (Å²) in [6, 6.07) is 5.79. The molecule has 2 rings (SSSR count). The van der Waals surface area contributed by atoms with Gasteiger partial charge in [0, 0.05) is 38.6 Å². The lowest BCUT2D eigenvalue weighted by Gasteiger charge is -2.33. The molecule has 1 fully saturated rings. The third kappa shape index (κ3) is 3.26. The fraction of sp³-hybridized carbons (Fsp3) is 0.417. The molecule has 0 radical (unpaired) electrons. The molecule has 0 saturated carbocycles. The third-order valence-corrected chi connectivity index (χ3v) is 5.47. The smallest absolute Gasteiger partial charge is 0.423 e. The van der Waals surface area contributed by atoms with Crippen molar-refractivity contribution in [1.82, 2.24) is 9.21 Å². The Morgan fingerprint density at radius 2 is 1.71 bits per heavy atom. The number of carbonyl (C=O) groups is 1. The number of benzene rings is 1. The summed E-state index contributed by atoms with van der Waals surface area (Å²) in [6.45, 7) is 2.49. The van der Waals surface area contributed by atoms with E-state index in [4.69, 9.17) is 0 Å². The maximum absolute atomic E-state index is 12.6. The summed E-state index contributed by atoms with van der Waals surface area (Å²) < 4.78 is 26.4. The van der Waals surface area contributed by atoms with Gasteiger partial charge in [-0.05, 0) is 6.07 Å². The van der Waals surface area contributed by atoms with Crippen LogP contribution in [-0.2, 0) is 14.8 Å². The number of piperazine rings is 1.